The lowest BCUT2D eigenvalue weighted by molar-refractivity contribution is -0.384. The number of hydrogen-bond acceptors (Lipinski definition) is 6. The summed E-state index contributed by atoms with van der Waals surface area (Å²) in [5, 5.41) is 24.2. The van der Waals surface area contributed by atoms with Crippen molar-refractivity contribution >= 4 is 23.5 Å². The first kappa shape index (κ1) is 30.6. The molecule has 0 spiro atoms. The lowest BCUT2D eigenvalue weighted by atomic mass is 9.67. The number of carbonyl (C=O) groups excluding carboxylic acids is 2. The van der Waals surface area contributed by atoms with E-state index in [1.54, 1.807) is 6.92 Å². The van der Waals surface area contributed by atoms with E-state index in [0.717, 1.165) is 16.7 Å². The Morgan fingerprint density at radius 3 is 1.67 bits per heavy atom. The van der Waals surface area contributed by atoms with Crippen molar-refractivity contribution in [2.75, 3.05) is 6.61 Å². The van der Waals surface area contributed by atoms with Crippen molar-refractivity contribution < 1.29 is 29.2 Å². The van der Waals surface area contributed by atoms with Crippen LogP contribution in [0.4, 0.5) is 5.69 Å². The van der Waals surface area contributed by atoms with Gasteiger partial charge in [-0.1, -0.05) is 103 Å². The summed E-state index contributed by atoms with van der Waals surface area (Å²) >= 11 is 0. The zero-order valence-electron chi connectivity index (χ0n) is 23.6. The van der Waals surface area contributed by atoms with Crippen LogP contribution in [0.15, 0.2) is 115 Å². The van der Waals surface area contributed by atoms with Crippen molar-refractivity contribution in [3.8, 4) is 0 Å². The molecule has 0 aromatic heterocycles. The van der Waals surface area contributed by atoms with Gasteiger partial charge in [0.05, 0.1) is 23.4 Å². The highest BCUT2D eigenvalue weighted by molar-refractivity contribution is 5.87. The van der Waals surface area contributed by atoms with Gasteiger partial charge in [-0.25, -0.2) is 4.79 Å². The Kier molecular flexibility index (Phi) is 10.0. The van der Waals surface area contributed by atoms with E-state index < -0.39 is 40.1 Å². The van der Waals surface area contributed by atoms with E-state index in [9.17, 15) is 29.6 Å². The zero-order valence-corrected chi connectivity index (χ0v) is 23.6. The molecular weight excluding hydrogens is 548 g/mol. The van der Waals surface area contributed by atoms with Crippen LogP contribution in [0, 0.1) is 10.1 Å². The Balaban J connectivity index is 1.77. The van der Waals surface area contributed by atoms with E-state index in [-0.39, 0.29) is 25.1 Å². The number of nitro benzene ring substituents is 1. The maximum absolute atomic E-state index is 14.0. The zero-order chi connectivity index (χ0) is 30.8. The van der Waals surface area contributed by atoms with Gasteiger partial charge in [0, 0.05) is 24.5 Å². The predicted octanol–water partition coefficient (Wildman–Crippen LogP) is 5.63. The largest absolute Gasteiger partial charge is 0.480 e. The Morgan fingerprint density at radius 1 is 0.814 bits per heavy atom. The molecule has 43 heavy (non-hydrogen) atoms. The van der Waals surface area contributed by atoms with Crippen LogP contribution >= 0.6 is 0 Å². The highest BCUT2D eigenvalue weighted by Crippen LogP contribution is 2.42. The summed E-state index contributed by atoms with van der Waals surface area (Å²) in [6, 6.07) is 32.3. The highest BCUT2D eigenvalue weighted by Gasteiger charge is 2.40. The van der Waals surface area contributed by atoms with Gasteiger partial charge in [0.1, 0.15) is 6.04 Å². The summed E-state index contributed by atoms with van der Waals surface area (Å²) in [7, 11) is 0. The summed E-state index contributed by atoms with van der Waals surface area (Å²) < 4.78 is 5.09. The van der Waals surface area contributed by atoms with Crippen LogP contribution in [0.5, 0.6) is 0 Å². The fourth-order valence-corrected chi connectivity index (χ4v) is 5.44. The molecule has 220 valence electrons. The molecule has 0 fully saturated rings. The number of ether oxygens (including phenoxy) is 1. The van der Waals surface area contributed by atoms with Gasteiger partial charge in [-0.2, -0.15) is 0 Å². The SMILES string of the molecule is CCOC(=O)C[C@@H](c1ccc([N+](=O)[O-])cc1)[C@H](NC(=O)CC(c1ccccc1)(c1ccccc1)c1ccccc1)C(=O)O. The summed E-state index contributed by atoms with van der Waals surface area (Å²) in [6.45, 7) is 1.72. The van der Waals surface area contributed by atoms with Crippen LogP contribution in [-0.4, -0.2) is 40.5 Å². The van der Waals surface area contributed by atoms with Crippen LogP contribution in [-0.2, 0) is 24.5 Å². The topological polar surface area (TPSA) is 136 Å². The Labute approximate surface area is 249 Å². The molecule has 0 saturated heterocycles. The molecule has 2 N–H and O–H groups in total. The van der Waals surface area contributed by atoms with Crippen molar-refractivity contribution in [2.24, 2.45) is 0 Å². The Hall–Kier alpha value is -5.31. The molecule has 0 saturated carbocycles. The molecule has 0 heterocycles. The third-order valence-electron chi connectivity index (χ3n) is 7.43. The number of esters is 1. The molecule has 9 heteroatoms. The number of benzene rings is 4. The molecule has 4 aromatic rings. The normalized spacial score (nSPS) is 12.5. The molecule has 0 unspecified atom stereocenters. The number of hydrogen-bond donors (Lipinski definition) is 2. The van der Waals surface area contributed by atoms with Crippen molar-refractivity contribution in [1.29, 1.82) is 0 Å². The van der Waals surface area contributed by atoms with E-state index in [4.69, 9.17) is 4.74 Å². The smallest absolute Gasteiger partial charge is 0.326 e. The van der Waals surface area contributed by atoms with Gasteiger partial charge < -0.3 is 15.2 Å². The third-order valence-corrected chi connectivity index (χ3v) is 7.43. The first-order valence-electron chi connectivity index (χ1n) is 13.8. The number of nitrogens with one attached hydrogen (secondary N) is 1. The highest BCUT2D eigenvalue weighted by atomic mass is 16.6. The molecule has 0 bridgehead atoms. The van der Waals surface area contributed by atoms with Gasteiger partial charge in [0.25, 0.3) is 5.69 Å². The maximum Gasteiger partial charge on any atom is 0.326 e. The molecule has 0 aliphatic carbocycles. The number of carboxylic acid groups (broad SMARTS) is 1. The molecule has 0 aliphatic rings. The van der Waals surface area contributed by atoms with Gasteiger partial charge >= 0.3 is 11.9 Å². The van der Waals surface area contributed by atoms with Gasteiger partial charge in [0.2, 0.25) is 5.91 Å². The maximum atomic E-state index is 14.0. The van der Waals surface area contributed by atoms with Crippen molar-refractivity contribution in [1.82, 2.24) is 5.32 Å². The monoisotopic (exact) mass is 580 g/mol. The van der Waals surface area contributed by atoms with Gasteiger partial charge in [0.15, 0.2) is 0 Å². The lowest BCUT2D eigenvalue weighted by Crippen LogP contribution is -2.48. The summed E-state index contributed by atoms with van der Waals surface area (Å²) in [5.74, 6) is -3.62. The van der Waals surface area contributed by atoms with Crippen molar-refractivity contribution in [2.45, 2.75) is 37.1 Å². The molecule has 2 atom stereocenters. The second-order valence-corrected chi connectivity index (χ2v) is 10.0. The average Bonchev–Trinajstić information content (AvgIpc) is 3.03. The molecule has 4 rings (SSSR count). The number of non-ortho nitro benzene ring substituents is 1. The molecular formula is C34H32N2O7. The van der Waals surface area contributed by atoms with Crippen LogP contribution < -0.4 is 5.32 Å². The summed E-state index contributed by atoms with van der Waals surface area (Å²) in [6.07, 6.45) is -0.495. The molecule has 4 aromatic carbocycles. The number of aliphatic carboxylic acids is 1. The molecule has 9 nitrogen and oxygen atoms in total. The molecule has 0 radical (unpaired) electrons. The number of nitro groups is 1. The van der Waals surface area contributed by atoms with E-state index in [2.05, 4.69) is 5.32 Å². The van der Waals surface area contributed by atoms with E-state index >= 15 is 0 Å². The number of nitrogens with zero attached hydrogens (tertiary/aromatic N) is 1. The van der Waals surface area contributed by atoms with Crippen LogP contribution in [0.1, 0.15) is 47.9 Å². The predicted molar refractivity (Wildman–Crippen MR) is 160 cm³/mol. The fraction of sp³-hybridized carbons (Fsp3) is 0.206. The van der Waals surface area contributed by atoms with E-state index in [0.29, 0.717) is 5.56 Å². The number of carboxylic acids is 1. The second kappa shape index (κ2) is 14.0. The lowest BCUT2D eigenvalue weighted by Gasteiger charge is -2.36. The van der Waals surface area contributed by atoms with E-state index in [1.807, 2.05) is 91.0 Å². The van der Waals surface area contributed by atoms with Gasteiger partial charge in [-0.3, -0.25) is 19.7 Å². The minimum Gasteiger partial charge on any atom is -0.480 e. The van der Waals surface area contributed by atoms with Gasteiger partial charge in [-0.15, -0.1) is 0 Å². The average molecular weight is 581 g/mol. The first-order valence-corrected chi connectivity index (χ1v) is 13.8. The Morgan fingerprint density at radius 2 is 1.28 bits per heavy atom. The quantitative estimate of drug-likeness (QED) is 0.0906. The van der Waals surface area contributed by atoms with Gasteiger partial charge in [-0.05, 0) is 29.2 Å². The minimum atomic E-state index is -1.53. The fourth-order valence-electron chi connectivity index (χ4n) is 5.44. The van der Waals surface area contributed by atoms with Crippen molar-refractivity contribution in [3.63, 3.8) is 0 Å². The van der Waals surface area contributed by atoms with Crippen LogP contribution in [0.25, 0.3) is 0 Å². The van der Waals surface area contributed by atoms with Crippen molar-refractivity contribution in [3.05, 3.63) is 148 Å². The number of rotatable bonds is 13. The minimum absolute atomic E-state index is 0.0870. The second-order valence-electron chi connectivity index (χ2n) is 10.0. The first-order chi connectivity index (χ1) is 20.8. The third kappa shape index (κ3) is 7.13. The molecule has 1 amide bonds. The standard InChI is InChI=1S/C34H32N2O7/c1-2-43-31(38)22-29(24-18-20-28(21-19-24)36(41)42)32(33(39)40)35-30(37)23-34(25-12-6-3-7-13-25,26-14-8-4-9-15-26)27-16-10-5-11-17-27/h3-21,29,32H,2,22-23H2,1H3,(H,35,37)(H,39,40)/t29-,32-/m0/s1. The summed E-state index contributed by atoms with van der Waals surface area (Å²) in [4.78, 5) is 49.9. The summed E-state index contributed by atoms with van der Waals surface area (Å²) in [5.41, 5.74) is 1.70. The van der Waals surface area contributed by atoms with Crippen LogP contribution in [0.3, 0.4) is 0 Å². The van der Waals surface area contributed by atoms with E-state index in [1.165, 1.54) is 24.3 Å². The van der Waals surface area contributed by atoms with Crippen LogP contribution in [0.2, 0.25) is 0 Å². The molecule has 0 aliphatic heterocycles. The number of amides is 1. The Bertz CT molecular complexity index is 1450. The number of carbonyl (C=O) groups is 3.